The number of ketones is 2. The highest BCUT2D eigenvalue weighted by Gasteiger charge is 2.32. The van der Waals surface area contributed by atoms with Crippen molar-refractivity contribution in [3.63, 3.8) is 0 Å². The molecule has 0 atom stereocenters. The lowest BCUT2D eigenvalue weighted by Gasteiger charge is -2.15. The second kappa shape index (κ2) is 4.81. The molecule has 1 aliphatic carbocycles. The molecule has 0 aliphatic heterocycles. The zero-order valence-corrected chi connectivity index (χ0v) is 11.8. The minimum Gasteiger partial charge on any atom is -0.363 e. The molecule has 0 bridgehead atoms. The van der Waals surface area contributed by atoms with Gasteiger partial charge in [0.1, 0.15) is 0 Å². The molecule has 1 aromatic heterocycles. The van der Waals surface area contributed by atoms with Crippen LogP contribution in [0.2, 0.25) is 0 Å². The zero-order chi connectivity index (χ0) is 15.1. The first-order valence-electron chi connectivity index (χ1n) is 7.18. The second-order valence-corrected chi connectivity index (χ2v) is 5.42. The molecule has 1 heterocycles. The summed E-state index contributed by atoms with van der Waals surface area (Å²) in [5.41, 5.74) is 3.89. The summed E-state index contributed by atoms with van der Waals surface area (Å²) in [6.07, 6.45) is 2.27. The van der Waals surface area contributed by atoms with Gasteiger partial charge in [0.2, 0.25) is 0 Å². The smallest absolute Gasteiger partial charge is 0.196 e. The molecule has 1 N–H and O–H groups in total. The lowest BCUT2D eigenvalue weighted by molar-refractivity contribution is 0.0979. The molecule has 106 valence electrons. The highest BCUT2D eigenvalue weighted by atomic mass is 16.1. The van der Waals surface area contributed by atoms with Crippen LogP contribution in [-0.4, -0.2) is 16.6 Å². The van der Waals surface area contributed by atoms with E-state index < -0.39 is 0 Å². The Bertz CT molecular complexity index is 891. The van der Waals surface area contributed by atoms with Crippen LogP contribution in [0.25, 0.3) is 0 Å². The largest absolute Gasteiger partial charge is 0.363 e. The van der Waals surface area contributed by atoms with Crippen LogP contribution in [0.3, 0.4) is 0 Å². The van der Waals surface area contributed by atoms with E-state index in [1.54, 1.807) is 30.5 Å². The summed E-state index contributed by atoms with van der Waals surface area (Å²) < 4.78 is 0. The van der Waals surface area contributed by atoms with E-state index in [9.17, 15) is 9.59 Å². The molecule has 0 unspecified atom stereocenters. The monoisotopic (exact) mass is 287 g/mol. The Balaban J connectivity index is 1.82. The van der Waals surface area contributed by atoms with E-state index in [4.69, 9.17) is 0 Å². The topological polar surface area (TPSA) is 49.9 Å². The predicted molar refractivity (Wildman–Crippen MR) is 83.3 cm³/mol. The van der Waals surface area contributed by atoms with Crippen LogP contribution in [0.1, 0.15) is 43.1 Å². The number of fused-ring (bicyclic) bond motifs is 2. The minimum atomic E-state index is -0.0826. The van der Waals surface area contributed by atoms with Crippen LogP contribution >= 0.6 is 0 Å². The first kappa shape index (κ1) is 12.8. The maximum Gasteiger partial charge on any atom is 0.196 e. The number of aromatic nitrogens is 1. The van der Waals surface area contributed by atoms with E-state index in [-0.39, 0.29) is 11.6 Å². The fourth-order valence-corrected chi connectivity index (χ4v) is 3.00. The first-order valence-corrected chi connectivity index (χ1v) is 7.18. The Morgan fingerprint density at radius 1 is 0.727 bits per heavy atom. The SMILES string of the molecule is O=C1c2ccccc2C(=O)c2c1c[nH]c2Cc1ccccc1. The number of carbonyl (C=O) groups excluding carboxylic acids is 2. The standard InChI is InChI=1S/C19H13NO2/c21-18-13-8-4-5-9-14(13)19(22)17-15(18)11-20-16(17)10-12-6-2-1-3-7-12/h1-9,11,20H,10H2. The number of hydrogen-bond acceptors (Lipinski definition) is 2. The number of nitrogens with one attached hydrogen (secondary N) is 1. The van der Waals surface area contributed by atoms with Crippen LogP contribution in [0.5, 0.6) is 0 Å². The van der Waals surface area contributed by atoms with Crippen LogP contribution in [0, 0.1) is 0 Å². The molecular formula is C19H13NO2. The molecule has 0 spiro atoms. The van der Waals surface area contributed by atoms with Gasteiger partial charge in [-0.3, -0.25) is 9.59 Å². The van der Waals surface area contributed by atoms with E-state index in [0.717, 1.165) is 11.3 Å². The Hall–Kier alpha value is -2.94. The second-order valence-electron chi connectivity index (χ2n) is 5.42. The third-order valence-corrected chi connectivity index (χ3v) is 4.07. The summed E-state index contributed by atoms with van der Waals surface area (Å²) >= 11 is 0. The molecular weight excluding hydrogens is 274 g/mol. The van der Waals surface area contributed by atoms with Crippen molar-refractivity contribution < 1.29 is 9.59 Å². The Kier molecular flexibility index (Phi) is 2.79. The van der Waals surface area contributed by atoms with Gasteiger partial charge in [-0.15, -0.1) is 0 Å². The third-order valence-electron chi connectivity index (χ3n) is 4.07. The summed E-state index contributed by atoms with van der Waals surface area (Å²) in [7, 11) is 0. The summed E-state index contributed by atoms with van der Waals surface area (Å²) in [6.45, 7) is 0. The molecule has 0 amide bonds. The number of rotatable bonds is 2. The van der Waals surface area contributed by atoms with Crippen molar-refractivity contribution in [1.82, 2.24) is 4.98 Å². The van der Waals surface area contributed by atoms with Gasteiger partial charge in [0, 0.05) is 29.4 Å². The molecule has 3 heteroatoms. The van der Waals surface area contributed by atoms with Crippen LogP contribution in [0.4, 0.5) is 0 Å². The number of carbonyl (C=O) groups is 2. The molecule has 22 heavy (non-hydrogen) atoms. The molecule has 2 aromatic carbocycles. The van der Waals surface area contributed by atoms with Crippen molar-refractivity contribution in [2.75, 3.05) is 0 Å². The lowest BCUT2D eigenvalue weighted by atomic mass is 9.85. The number of H-pyrrole nitrogens is 1. The molecule has 4 rings (SSSR count). The van der Waals surface area contributed by atoms with E-state index in [2.05, 4.69) is 4.98 Å². The summed E-state index contributed by atoms with van der Waals surface area (Å²) in [5.74, 6) is -0.154. The highest BCUT2D eigenvalue weighted by molar-refractivity contribution is 6.28. The van der Waals surface area contributed by atoms with Gasteiger partial charge in [-0.25, -0.2) is 0 Å². The molecule has 0 saturated heterocycles. The van der Waals surface area contributed by atoms with Crippen molar-refractivity contribution in [3.05, 3.63) is 94.3 Å². The fraction of sp³-hybridized carbons (Fsp3) is 0.0526. The van der Waals surface area contributed by atoms with Gasteiger partial charge in [-0.05, 0) is 5.56 Å². The lowest BCUT2D eigenvalue weighted by Crippen LogP contribution is -2.20. The van der Waals surface area contributed by atoms with Crippen molar-refractivity contribution in [2.45, 2.75) is 6.42 Å². The maximum absolute atomic E-state index is 12.8. The normalized spacial score (nSPS) is 12.9. The molecule has 0 fully saturated rings. The first-order chi connectivity index (χ1) is 10.8. The van der Waals surface area contributed by atoms with Gasteiger partial charge in [-0.1, -0.05) is 54.6 Å². The summed E-state index contributed by atoms with van der Waals surface area (Å²) in [5, 5.41) is 0. The van der Waals surface area contributed by atoms with E-state index in [1.165, 1.54) is 0 Å². The molecule has 3 aromatic rings. The number of hydrogen-bond donors (Lipinski definition) is 1. The Labute approximate surface area is 127 Å². The quantitative estimate of drug-likeness (QED) is 0.614. The van der Waals surface area contributed by atoms with Crippen molar-refractivity contribution in [2.24, 2.45) is 0 Å². The van der Waals surface area contributed by atoms with E-state index >= 15 is 0 Å². The van der Waals surface area contributed by atoms with Gasteiger partial charge in [-0.2, -0.15) is 0 Å². The van der Waals surface area contributed by atoms with Crippen LogP contribution in [-0.2, 0) is 6.42 Å². The van der Waals surface area contributed by atoms with Crippen LogP contribution in [0.15, 0.2) is 60.8 Å². The minimum absolute atomic E-state index is 0.0719. The van der Waals surface area contributed by atoms with Crippen molar-refractivity contribution in [1.29, 1.82) is 0 Å². The fourth-order valence-electron chi connectivity index (χ4n) is 3.00. The van der Waals surface area contributed by atoms with Gasteiger partial charge in [0.25, 0.3) is 0 Å². The predicted octanol–water partition coefficient (Wildman–Crippen LogP) is 3.38. The molecule has 1 aliphatic rings. The van der Waals surface area contributed by atoms with Gasteiger partial charge < -0.3 is 4.98 Å². The Morgan fingerprint density at radius 3 is 2.09 bits per heavy atom. The van der Waals surface area contributed by atoms with Crippen LogP contribution < -0.4 is 0 Å². The van der Waals surface area contributed by atoms with Gasteiger partial charge in [0.05, 0.1) is 11.1 Å². The Morgan fingerprint density at radius 2 is 1.36 bits per heavy atom. The van der Waals surface area contributed by atoms with Gasteiger partial charge in [0.15, 0.2) is 11.6 Å². The average molecular weight is 287 g/mol. The summed E-state index contributed by atoms with van der Waals surface area (Å²) in [6, 6.07) is 16.9. The highest BCUT2D eigenvalue weighted by Crippen LogP contribution is 2.30. The molecule has 0 radical (unpaired) electrons. The number of aromatic amines is 1. The van der Waals surface area contributed by atoms with Gasteiger partial charge >= 0.3 is 0 Å². The third kappa shape index (κ3) is 1.83. The maximum atomic E-state index is 12.8. The number of benzene rings is 2. The molecule has 0 saturated carbocycles. The average Bonchev–Trinajstić information content (AvgIpc) is 2.98. The van der Waals surface area contributed by atoms with Crippen molar-refractivity contribution >= 4 is 11.6 Å². The van der Waals surface area contributed by atoms with E-state index in [0.29, 0.717) is 28.7 Å². The zero-order valence-electron chi connectivity index (χ0n) is 11.8. The van der Waals surface area contributed by atoms with Crippen molar-refractivity contribution in [3.8, 4) is 0 Å². The summed E-state index contributed by atoms with van der Waals surface area (Å²) in [4.78, 5) is 28.4. The van der Waals surface area contributed by atoms with E-state index in [1.807, 2.05) is 30.3 Å². The molecule has 3 nitrogen and oxygen atoms in total.